The maximum Gasteiger partial charge on any atom is 0.288 e. The number of amides is 1. The van der Waals surface area contributed by atoms with Crippen molar-refractivity contribution in [2.45, 2.75) is 19.3 Å². The summed E-state index contributed by atoms with van der Waals surface area (Å²) < 4.78 is 0. The lowest BCUT2D eigenvalue weighted by atomic mass is 9.98. The van der Waals surface area contributed by atoms with E-state index in [4.69, 9.17) is 5.73 Å². The molecule has 0 saturated carbocycles. The Hall–Kier alpha value is -2.37. The summed E-state index contributed by atoms with van der Waals surface area (Å²) in [5.41, 5.74) is 6.60. The van der Waals surface area contributed by atoms with E-state index in [0.29, 0.717) is 12.5 Å². The zero-order valence-electron chi connectivity index (χ0n) is 10.8. The SMILES string of the molecule is CC(CCNC(=O)c1nc(N)n[nH]1)c1ccccc1. The van der Waals surface area contributed by atoms with Gasteiger partial charge >= 0.3 is 0 Å². The van der Waals surface area contributed by atoms with Crippen molar-refractivity contribution in [3.63, 3.8) is 0 Å². The Bertz CT molecular complexity index is 537. The van der Waals surface area contributed by atoms with Crippen molar-refractivity contribution in [1.82, 2.24) is 20.5 Å². The van der Waals surface area contributed by atoms with Crippen molar-refractivity contribution in [1.29, 1.82) is 0 Å². The van der Waals surface area contributed by atoms with Crippen LogP contribution >= 0.6 is 0 Å². The van der Waals surface area contributed by atoms with E-state index in [1.165, 1.54) is 5.56 Å². The Morgan fingerprint density at radius 1 is 1.42 bits per heavy atom. The summed E-state index contributed by atoms with van der Waals surface area (Å²) in [6.07, 6.45) is 0.860. The van der Waals surface area contributed by atoms with Gasteiger partial charge in [-0.25, -0.2) is 0 Å². The number of benzene rings is 1. The monoisotopic (exact) mass is 259 g/mol. The highest BCUT2D eigenvalue weighted by Crippen LogP contribution is 2.17. The molecule has 0 fully saturated rings. The van der Waals surface area contributed by atoms with Crippen molar-refractivity contribution in [2.75, 3.05) is 12.3 Å². The molecule has 100 valence electrons. The number of rotatable bonds is 5. The minimum Gasteiger partial charge on any atom is -0.366 e. The molecule has 1 heterocycles. The molecule has 1 aromatic heterocycles. The predicted molar refractivity (Wildman–Crippen MR) is 72.6 cm³/mol. The number of nitrogens with one attached hydrogen (secondary N) is 2. The number of nitrogen functional groups attached to an aromatic ring is 1. The summed E-state index contributed by atoms with van der Waals surface area (Å²) in [7, 11) is 0. The summed E-state index contributed by atoms with van der Waals surface area (Å²) in [5.74, 6) is 0.318. The summed E-state index contributed by atoms with van der Waals surface area (Å²) >= 11 is 0. The lowest BCUT2D eigenvalue weighted by molar-refractivity contribution is 0.0942. The Kier molecular flexibility index (Phi) is 4.12. The van der Waals surface area contributed by atoms with Crippen LogP contribution in [0, 0.1) is 0 Å². The van der Waals surface area contributed by atoms with Gasteiger partial charge < -0.3 is 11.1 Å². The quantitative estimate of drug-likeness (QED) is 0.754. The van der Waals surface area contributed by atoms with E-state index in [0.717, 1.165) is 6.42 Å². The first kappa shape index (κ1) is 13.1. The molecule has 6 nitrogen and oxygen atoms in total. The highest BCUT2D eigenvalue weighted by molar-refractivity contribution is 5.90. The number of nitrogens with zero attached hydrogens (tertiary/aromatic N) is 2. The average molecular weight is 259 g/mol. The number of nitrogens with two attached hydrogens (primary N) is 1. The first-order valence-electron chi connectivity index (χ1n) is 6.18. The molecular formula is C13H17N5O. The van der Waals surface area contributed by atoms with Crippen LogP contribution in [0.5, 0.6) is 0 Å². The zero-order valence-corrected chi connectivity index (χ0v) is 10.8. The minimum absolute atomic E-state index is 0.0720. The van der Waals surface area contributed by atoms with Gasteiger partial charge in [-0.05, 0) is 17.9 Å². The molecule has 1 unspecified atom stereocenters. The fourth-order valence-electron chi connectivity index (χ4n) is 1.81. The van der Waals surface area contributed by atoms with E-state index in [2.05, 4.69) is 39.6 Å². The molecule has 2 aromatic rings. The lowest BCUT2D eigenvalue weighted by Gasteiger charge is -2.11. The van der Waals surface area contributed by atoms with Crippen LogP contribution in [-0.4, -0.2) is 27.6 Å². The second-order valence-corrected chi connectivity index (χ2v) is 4.40. The zero-order chi connectivity index (χ0) is 13.7. The van der Waals surface area contributed by atoms with Crippen molar-refractivity contribution in [3.8, 4) is 0 Å². The molecule has 0 aliphatic carbocycles. The summed E-state index contributed by atoms with van der Waals surface area (Å²) in [5, 5.41) is 8.87. The van der Waals surface area contributed by atoms with E-state index in [1.807, 2.05) is 18.2 Å². The number of aromatic amines is 1. The molecule has 1 aromatic carbocycles. The first-order chi connectivity index (χ1) is 9.16. The second kappa shape index (κ2) is 5.99. The van der Waals surface area contributed by atoms with Gasteiger partial charge in [0.2, 0.25) is 11.8 Å². The molecule has 0 spiro atoms. The molecular weight excluding hydrogens is 242 g/mol. The van der Waals surface area contributed by atoms with Crippen LogP contribution in [0.4, 0.5) is 5.95 Å². The molecule has 0 saturated heterocycles. The number of hydrogen-bond donors (Lipinski definition) is 3. The van der Waals surface area contributed by atoms with Crippen molar-refractivity contribution in [3.05, 3.63) is 41.7 Å². The molecule has 0 aliphatic heterocycles. The van der Waals surface area contributed by atoms with Gasteiger partial charge in [0.25, 0.3) is 5.91 Å². The molecule has 4 N–H and O–H groups in total. The molecule has 19 heavy (non-hydrogen) atoms. The normalized spacial score (nSPS) is 12.1. The van der Waals surface area contributed by atoms with Crippen LogP contribution in [0.2, 0.25) is 0 Å². The smallest absolute Gasteiger partial charge is 0.288 e. The highest BCUT2D eigenvalue weighted by Gasteiger charge is 2.11. The second-order valence-electron chi connectivity index (χ2n) is 4.40. The van der Waals surface area contributed by atoms with Gasteiger partial charge in [-0.2, -0.15) is 4.98 Å². The molecule has 1 amide bonds. The van der Waals surface area contributed by atoms with Gasteiger partial charge in [-0.3, -0.25) is 9.89 Å². The summed E-state index contributed by atoms with van der Waals surface area (Å²) in [4.78, 5) is 15.4. The van der Waals surface area contributed by atoms with Gasteiger partial charge in [-0.1, -0.05) is 37.3 Å². The van der Waals surface area contributed by atoms with Crippen molar-refractivity contribution >= 4 is 11.9 Å². The Morgan fingerprint density at radius 3 is 2.79 bits per heavy atom. The van der Waals surface area contributed by atoms with Gasteiger partial charge in [0.05, 0.1) is 0 Å². The van der Waals surface area contributed by atoms with E-state index in [9.17, 15) is 4.79 Å². The van der Waals surface area contributed by atoms with E-state index in [1.54, 1.807) is 0 Å². The number of carbonyl (C=O) groups excluding carboxylic acids is 1. The highest BCUT2D eigenvalue weighted by atomic mass is 16.2. The number of aromatic nitrogens is 3. The van der Waals surface area contributed by atoms with Gasteiger partial charge in [-0.15, -0.1) is 5.10 Å². The van der Waals surface area contributed by atoms with E-state index < -0.39 is 0 Å². The molecule has 2 rings (SSSR count). The standard InChI is InChI=1S/C13H17N5O/c1-9(10-5-3-2-4-6-10)7-8-15-12(19)11-16-13(14)18-17-11/h2-6,9H,7-8H2,1H3,(H,15,19)(H3,14,16,17,18). The maximum atomic E-state index is 11.7. The molecule has 0 bridgehead atoms. The molecule has 6 heteroatoms. The largest absolute Gasteiger partial charge is 0.366 e. The van der Waals surface area contributed by atoms with E-state index in [-0.39, 0.29) is 17.7 Å². The maximum absolute atomic E-state index is 11.7. The average Bonchev–Trinajstić information content (AvgIpc) is 2.86. The predicted octanol–water partition coefficient (Wildman–Crippen LogP) is 1.31. The third-order valence-corrected chi connectivity index (χ3v) is 2.95. The molecule has 1 atom stereocenters. The third-order valence-electron chi connectivity index (χ3n) is 2.95. The fraction of sp³-hybridized carbons (Fsp3) is 0.308. The van der Waals surface area contributed by atoms with Crippen LogP contribution in [0.15, 0.2) is 30.3 Å². The van der Waals surface area contributed by atoms with Crippen LogP contribution < -0.4 is 11.1 Å². The van der Waals surface area contributed by atoms with Gasteiger partial charge in [0.15, 0.2) is 0 Å². The number of H-pyrrole nitrogens is 1. The lowest BCUT2D eigenvalue weighted by Crippen LogP contribution is -2.26. The Labute approximate surface area is 111 Å². The van der Waals surface area contributed by atoms with Crippen LogP contribution in [0.25, 0.3) is 0 Å². The van der Waals surface area contributed by atoms with Crippen LogP contribution in [-0.2, 0) is 0 Å². The minimum atomic E-state index is -0.288. The van der Waals surface area contributed by atoms with Gasteiger partial charge in [0, 0.05) is 6.54 Å². The van der Waals surface area contributed by atoms with Gasteiger partial charge in [0.1, 0.15) is 0 Å². The van der Waals surface area contributed by atoms with Crippen molar-refractivity contribution in [2.24, 2.45) is 0 Å². The van der Waals surface area contributed by atoms with Crippen molar-refractivity contribution < 1.29 is 4.79 Å². The van der Waals surface area contributed by atoms with Crippen LogP contribution in [0.3, 0.4) is 0 Å². The number of carbonyl (C=O) groups is 1. The van der Waals surface area contributed by atoms with E-state index >= 15 is 0 Å². The molecule has 0 aliphatic rings. The summed E-state index contributed by atoms with van der Waals surface area (Å²) in [6.45, 7) is 2.71. The Balaban J connectivity index is 1.79. The number of anilines is 1. The fourth-order valence-corrected chi connectivity index (χ4v) is 1.81. The number of hydrogen-bond acceptors (Lipinski definition) is 4. The topological polar surface area (TPSA) is 96.7 Å². The Morgan fingerprint density at radius 2 is 2.16 bits per heavy atom. The molecule has 0 radical (unpaired) electrons. The summed E-state index contributed by atoms with van der Waals surface area (Å²) in [6, 6.07) is 10.2. The van der Waals surface area contributed by atoms with Crippen LogP contribution in [0.1, 0.15) is 35.4 Å². The third kappa shape index (κ3) is 3.54. The first-order valence-corrected chi connectivity index (χ1v) is 6.18.